The summed E-state index contributed by atoms with van der Waals surface area (Å²) in [6, 6.07) is 12.9. The maximum Gasteiger partial charge on any atom is 0.343 e. The number of aryl methyl sites for hydroxylation is 2. The highest BCUT2D eigenvalue weighted by atomic mass is 16.6. The average Bonchev–Trinajstić information content (AvgIpc) is 3.65. The number of anilines is 1. The molecule has 1 amide bonds. The van der Waals surface area contributed by atoms with E-state index in [2.05, 4.69) is 21.7 Å². The van der Waals surface area contributed by atoms with Crippen LogP contribution in [-0.2, 0) is 39.6 Å². The van der Waals surface area contributed by atoms with Crippen LogP contribution < -0.4 is 10.9 Å². The third kappa shape index (κ3) is 4.44. The summed E-state index contributed by atoms with van der Waals surface area (Å²) < 4.78 is 8.55. The molecule has 0 spiro atoms. The van der Waals surface area contributed by atoms with Crippen LogP contribution in [0, 0.1) is 13.8 Å². The number of esters is 1. The summed E-state index contributed by atoms with van der Waals surface area (Å²) in [7, 11) is 0. The molecule has 0 saturated carbocycles. The van der Waals surface area contributed by atoms with Crippen LogP contribution in [-0.4, -0.2) is 53.2 Å². The van der Waals surface area contributed by atoms with E-state index >= 15 is 0 Å². The number of amides is 1. The zero-order valence-electron chi connectivity index (χ0n) is 24.9. The minimum atomic E-state index is -1.91. The van der Waals surface area contributed by atoms with Crippen molar-refractivity contribution in [3.8, 4) is 22.6 Å². The van der Waals surface area contributed by atoms with Crippen molar-refractivity contribution in [1.29, 1.82) is 0 Å². The molecule has 0 fully saturated rings. The predicted molar refractivity (Wildman–Crippen MR) is 164 cm³/mol. The highest BCUT2D eigenvalue weighted by molar-refractivity contribution is 5.95. The Balaban J connectivity index is 1.37. The van der Waals surface area contributed by atoms with E-state index in [1.165, 1.54) is 0 Å². The SMILES string of the molecule is CC[C@@]1(O)C(=O)OCc2c1cc1n(c2=O)Cc2c-1nc1cc(C)c(C)cc1c2Cn1cc(-c2ccccc2NC(=O)CO)nn1. The molecule has 7 rings (SSSR count). The molecule has 12 heteroatoms. The van der Waals surface area contributed by atoms with Gasteiger partial charge in [0.15, 0.2) is 5.60 Å². The van der Waals surface area contributed by atoms with Gasteiger partial charge < -0.3 is 24.8 Å². The van der Waals surface area contributed by atoms with Crippen LogP contribution in [0.3, 0.4) is 0 Å². The number of nitrogens with one attached hydrogen (secondary N) is 1. The standard InChI is InChI=1S/C33H30N6O6/c1-4-33(44)24-11-28-30-22(13-39(28)31(42)23(24)16-45-32(33)43)21(20-9-17(2)18(3)10-26(20)35-30)12-38-14-27(36-37-38)19-7-5-6-8-25(19)34-29(41)15-40/h5-11,14,40,44H,4,12-13,15-16H2,1-3H3,(H,34,41)/t33-/m0/s1. The van der Waals surface area contributed by atoms with Gasteiger partial charge in [-0.15, -0.1) is 5.10 Å². The van der Waals surface area contributed by atoms with Crippen molar-refractivity contribution < 1.29 is 24.5 Å². The third-order valence-electron chi connectivity index (χ3n) is 8.90. The summed E-state index contributed by atoms with van der Waals surface area (Å²) in [6.45, 7) is 5.44. The zero-order chi connectivity index (χ0) is 31.6. The fourth-order valence-electron chi connectivity index (χ4n) is 6.27. The van der Waals surface area contributed by atoms with Gasteiger partial charge in [0.25, 0.3) is 5.56 Å². The van der Waals surface area contributed by atoms with Crippen LogP contribution in [0.2, 0.25) is 0 Å². The van der Waals surface area contributed by atoms with Gasteiger partial charge in [-0.2, -0.15) is 0 Å². The van der Waals surface area contributed by atoms with Crippen molar-refractivity contribution in [3.63, 3.8) is 0 Å². The van der Waals surface area contributed by atoms with Crippen molar-refractivity contribution in [1.82, 2.24) is 24.5 Å². The van der Waals surface area contributed by atoms with E-state index < -0.39 is 24.1 Å². The average molecular weight is 607 g/mol. The maximum absolute atomic E-state index is 13.8. The molecule has 12 nitrogen and oxygen atoms in total. The Morgan fingerprint density at radius 2 is 1.89 bits per heavy atom. The smallest absolute Gasteiger partial charge is 0.343 e. The van der Waals surface area contributed by atoms with Gasteiger partial charge in [-0.05, 0) is 61.2 Å². The number of rotatable bonds is 6. The van der Waals surface area contributed by atoms with E-state index in [0.717, 1.165) is 33.2 Å². The first-order valence-electron chi connectivity index (χ1n) is 14.6. The van der Waals surface area contributed by atoms with E-state index in [4.69, 9.17) is 9.72 Å². The molecule has 0 bridgehead atoms. The van der Waals surface area contributed by atoms with Gasteiger partial charge in [-0.1, -0.05) is 30.3 Å². The molecule has 0 radical (unpaired) electrons. The number of hydrogen-bond acceptors (Lipinski definition) is 9. The quantitative estimate of drug-likeness (QED) is 0.242. The van der Waals surface area contributed by atoms with Crippen LogP contribution in [0.25, 0.3) is 33.5 Å². The van der Waals surface area contributed by atoms with E-state index in [1.54, 1.807) is 40.6 Å². The lowest BCUT2D eigenvalue weighted by Gasteiger charge is -2.31. The van der Waals surface area contributed by atoms with Crippen molar-refractivity contribution >= 4 is 28.5 Å². The van der Waals surface area contributed by atoms with Crippen LogP contribution in [0.1, 0.15) is 46.7 Å². The molecule has 5 aromatic rings. The summed E-state index contributed by atoms with van der Waals surface area (Å²) in [4.78, 5) is 43.3. The molecule has 228 valence electrons. The minimum absolute atomic E-state index is 0.0604. The number of aliphatic hydroxyl groups excluding tert-OH is 1. The molecule has 3 N–H and O–H groups in total. The minimum Gasteiger partial charge on any atom is -0.458 e. The molecule has 2 aliphatic rings. The summed E-state index contributed by atoms with van der Waals surface area (Å²) in [5.74, 6) is -1.30. The van der Waals surface area contributed by atoms with Crippen molar-refractivity contribution in [2.45, 2.75) is 52.5 Å². The molecule has 5 heterocycles. The van der Waals surface area contributed by atoms with Crippen LogP contribution in [0.5, 0.6) is 0 Å². The zero-order valence-corrected chi connectivity index (χ0v) is 24.9. The maximum atomic E-state index is 13.8. The number of carbonyl (C=O) groups excluding carboxylic acids is 2. The van der Waals surface area contributed by atoms with Gasteiger partial charge >= 0.3 is 5.97 Å². The van der Waals surface area contributed by atoms with E-state index in [9.17, 15) is 24.6 Å². The number of carbonyl (C=O) groups is 2. The van der Waals surface area contributed by atoms with Crippen LogP contribution in [0.15, 0.2) is 53.5 Å². The molecular formula is C33H30N6O6. The molecule has 1 atom stereocenters. The number of benzene rings is 2. The molecule has 3 aromatic heterocycles. The van der Waals surface area contributed by atoms with Gasteiger partial charge in [-0.25, -0.2) is 14.5 Å². The van der Waals surface area contributed by atoms with Crippen LogP contribution in [0.4, 0.5) is 5.69 Å². The lowest BCUT2D eigenvalue weighted by atomic mass is 9.86. The Kier molecular flexibility index (Phi) is 6.64. The largest absolute Gasteiger partial charge is 0.458 e. The number of cyclic esters (lactones) is 1. The predicted octanol–water partition coefficient (Wildman–Crippen LogP) is 2.93. The monoisotopic (exact) mass is 606 g/mol. The van der Waals surface area contributed by atoms with E-state index in [0.29, 0.717) is 34.9 Å². The van der Waals surface area contributed by atoms with Crippen LogP contribution >= 0.6 is 0 Å². The first kappa shape index (κ1) is 28.6. The molecule has 2 aromatic carbocycles. The molecule has 0 aliphatic carbocycles. The Morgan fingerprint density at radius 1 is 1.11 bits per heavy atom. The van der Waals surface area contributed by atoms with Gasteiger partial charge in [0, 0.05) is 22.1 Å². The van der Waals surface area contributed by atoms with Gasteiger partial charge in [0.2, 0.25) is 5.91 Å². The van der Waals surface area contributed by atoms with E-state index in [1.807, 2.05) is 32.0 Å². The first-order valence-corrected chi connectivity index (χ1v) is 14.6. The number of fused-ring (bicyclic) bond motifs is 5. The number of para-hydroxylation sites is 1. The highest BCUT2D eigenvalue weighted by Gasteiger charge is 2.45. The van der Waals surface area contributed by atoms with Gasteiger partial charge in [0.05, 0.1) is 47.4 Å². The molecule has 0 unspecified atom stereocenters. The highest BCUT2D eigenvalue weighted by Crippen LogP contribution is 2.41. The van der Waals surface area contributed by atoms with Crippen molar-refractivity contribution in [2.24, 2.45) is 0 Å². The number of aliphatic hydroxyl groups is 2. The fourth-order valence-corrected chi connectivity index (χ4v) is 6.27. The third-order valence-corrected chi connectivity index (χ3v) is 8.90. The lowest BCUT2D eigenvalue weighted by Crippen LogP contribution is -2.44. The Morgan fingerprint density at radius 3 is 2.67 bits per heavy atom. The second-order valence-electron chi connectivity index (χ2n) is 11.5. The summed E-state index contributed by atoms with van der Waals surface area (Å²) in [6.07, 6.45) is 1.84. The molecular weight excluding hydrogens is 576 g/mol. The lowest BCUT2D eigenvalue weighted by molar-refractivity contribution is -0.172. The Bertz CT molecular complexity index is 2130. The van der Waals surface area contributed by atoms with Crippen molar-refractivity contribution in [3.05, 3.63) is 92.4 Å². The number of aromatic nitrogens is 5. The number of pyridine rings is 2. The first-order chi connectivity index (χ1) is 21.6. The summed E-state index contributed by atoms with van der Waals surface area (Å²) >= 11 is 0. The number of nitrogens with zero attached hydrogens (tertiary/aromatic N) is 5. The Hall–Kier alpha value is -5.20. The normalized spacial score (nSPS) is 16.7. The van der Waals surface area contributed by atoms with E-state index in [-0.39, 0.29) is 36.3 Å². The van der Waals surface area contributed by atoms with Gasteiger partial charge in [0.1, 0.15) is 18.9 Å². The number of ether oxygens (including phenoxy) is 1. The second kappa shape index (κ2) is 10.5. The number of hydrogen-bond donors (Lipinski definition) is 3. The fraction of sp³-hybridized carbons (Fsp3) is 0.273. The topological polar surface area (TPSA) is 161 Å². The molecule has 0 saturated heterocycles. The summed E-state index contributed by atoms with van der Waals surface area (Å²) in [5, 5.41) is 32.9. The van der Waals surface area contributed by atoms with Crippen molar-refractivity contribution in [2.75, 3.05) is 11.9 Å². The molecule has 2 aliphatic heterocycles. The Labute approximate surface area is 256 Å². The van der Waals surface area contributed by atoms with Gasteiger partial charge in [-0.3, -0.25) is 9.59 Å². The molecule has 45 heavy (non-hydrogen) atoms. The second-order valence-corrected chi connectivity index (χ2v) is 11.5. The summed E-state index contributed by atoms with van der Waals surface area (Å²) in [5.41, 5.74) is 5.75.